The molecule has 8 aromatic rings. The molecule has 20 heteroatoms. The molecule has 0 heterocycles. The molecule has 6 unspecified atom stereocenters. The third-order valence-electron chi connectivity index (χ3n) is 23.8. The Labute approximate surface area is 650 Å². The lowest BCUT2D eigenvalue weighted by Gasteiger charge is -2.42. The summed E-state index contributed by atoms with van der Waals surface area (Å²) in [6, 6.07) is 47.5. The first-order valence-electron chi connectivity index (χ1n) is 38.6. The highest BCUT2D eigenvalue weighted by molar-refractivity contribution is 5.95. The summed E-state index contributed by atoms with van der Waals surface area (Å²) < 4.78 is 185. The average molecular weight is 1570 g/mol. The van der Waals surface area contributed by atoms with Crippen molar-refractivity contribution in [2.24, 2.45) is 0 Å². The Balaban J connectivity index is 0.000000172. The third-order valence-corrected chi connectivity index (χ3v) is 23.8. The zero-order valence-electron chi connectivity index (χ0n) is 66.3. The van der Waals surface area contributed by atoms with Gasteiger partial charge in [0.15, 0.2) is 11.2 Å². The van der Waals surface area contributed by atoms with E-state index in [2.05, 4.69) is 69.6 Å². The molecular weight excluding hydrogens is 1460 g/mol. The Morgan fingerprint density at radius 1 is 0.330 bits per heavy atom. The molecule has 0 bridgehead atoms. The minimum atomic E-state index is -5.95. The summed E-state index contributed by atoms with van der Waals surface area (Å²) in [5, 5.41) is 48.5. The number of halogens is 12. The number of allylic oxidation sites excluding steroid dienone is 4. The van der Waals surface area contributed by atoms with E-state index in [1.54, 1.807) is 25.1 Å². The van der Waals surface area contributed by atoms with E-state index in [0.29, 0.717) is 56.6 Å². The van der Waals surface area contributed by atoms with Crippen molar-refractivity contribution >= 4 is 65.4 Å². The average Bonchev–Trinajstić information content (AvgIpc) is 0.972. The van der Waals surface area contributed by atoms with Crippen molar-refractivity contribution in [3.05, 3.63) is 216 Å². The maximum atomic E-state index is 13.4. The van der Waals surface area contributed by atoms with Gasteiger partial charge < -0.3 is 39.4 Å². The number of ether oxygens (including phenoxy) is 4. The second-order valence-electron chi connectivity index (χ2n) is 32.7. The van der Waals surface area contributed by atoms with E-state index in [1.165, 1.54) is 35.7 Å². The molecule has 4 fully saturated rings. The minimum Gasteiger partial charge on any atom is -0.388 e. The van der Waals surface area contributed by atoms with Gasteiger partial charge in [0.05, 0.1) is 46.3 Å². The topological polar surface area (TPSA) is 118 Å². The fourth-order valence-electron chi connectivity index (χ4n) is 16.3. The predicted octanol–water partition coefficient (Wildman–Crippen LogP) is 25.4. The molecule has 0 aliphatic heterocycles. The van der Waals surface area contributed by atoms with Gasteiger partial charge in [-0.25, -0.2) is 0 Å². The molecule has 4 aliphatic carbocycles. The van der Waals surface area contributed by atoms with Crippen molar-refractivity contribution in [3.63, 3.8) is 0 Å². The summed E-state index contributed by atoms with van der Waals surface area (Å²) in [5.41, 5.74) is -4.30. The van der Waals surface area contributed by atoms with E-state index in [1.807, 2.05) is 126 Å². The number of aliphatic hydroxyl groups is 4. The van der Waals surface area contributed by atoms with Gasteiger partial charge in [-0.15, -0.1) is 0 Å². The second kappa shape index (κ2) is 33.4. The summed E-state index contributed by atoms with van der Waals surface area (Å²) in [6.45, 7) is 34.3. The van der Waals surface area contributed by atoms with Gasteiger partial charge in [-0.05, 0) is 271 Å². The van der Waals surface area contributed by atoms with Crippen LogP contribution in [0.1, 0.15) is 230 Å². The summed E-state index contributed by atoms with van der Waals surface area (Å²) in [5.74, 6) is 0. The van der Waals surface area contributed by atoms with Crippen LogP contribution in [-0.4, -0.2) is 92.0 Å². The molecule has 0 amide bonds. The fourth-order valence-corrected chi connectivity index (χ4v) is 16.3. The number of hydrogen-bond donors (Lipinski definition) is 4. The van der Waals surface area contributed by atoms with Crippen LogP contribution >= 0.6 is 0 Å². The maximum Gasteiger partial charge on any atom is 0.428 e. The second-order valence-corrected chi connectivity index (χ2v) is 32.7. The van der Waals surface area contributed by atoms with E-state index in [-0.39, 0.29) is 24.5 Å². The largest absolute Gasteiger partial charge is 0.428 e. The van der Waals surface area contributed by atoms with E-state index >= 15 is 0 Å². The first-order chi connectivity index (χ1) is 51.9. The highest BCUT2D eigenvalue weighted by Gasteiger charge is 2.74. The first-order valence-corrected chi connectivity index (χ1v) is 38.6. The van der Waals surface area contributed by atoms with Crippen LogP contribution in [0.4, 0.5) is 52.7 Å². The van der Waals surface area contributed by atoms with E-state index in [4.69, 9.17) is 18.9 Å². The lowest BCUT2D eigenvalue weighted by molar-refractivity contribution is -0.399. The van der Waals surface area contributed by atoms with E-state index in [9.17, 15) is 73.1 Å². The van der Waals surface area contributed by atoms with Crippen LogP contribution in [0, 0.1) is 0 Å². The van der Waals surface area contributed by atoms with Gasteiger partial charge in [0, 0.05) is 0 Å². The SMILES string of the molecule is C=C(C)c1cc(C2(OC(C)C(C)(O)C(F)(F)F)CCCC2)c2ccccc2c1.C=C(C)c1cc(C2(OC(C)C(C)(O)C(F)(F)F)CCCC2)c2ccccc2c1.C=C(C)c1cc(C2(OC(C)C(O)(C(F)(F)F)C(F)(F)F)CCCC2)cc2ccccc12.C=C(C)c1cc2ccccc2cc1C1(OC(C)C(C)(C)O)CCCC1. The molecule has 112 heavy (non-hydrogen) atoms. The van der Waals surface area contributed by atoms with Gasteiger partial charge in [0.2, 0.25) is 0 Å². The highest BCUT2D eigenvalue weighted by atomic mass is 19.4. The first kappa shape index (κ1) is 88.5. The zero-order chi connectivity index (χ0) is 83.0. The summed E-state index contributed by atoms with van der Waals surface area (Å²) in [6.07, 6.45) is -15.2. The molecule has 4 aliphatic rings. The summed E-state index contributed by atoms with van der Waals surface area (Å²) in [4.78, 5) is 0. The fraction of sp³-hybridized carbons (Fsp3) is 0.478. The lowest BCUT2D eigenvalue weighted by atomic mass is 9.83. The molecule has 8 aromatic carbocycles. The van der Waals surface area contributed by atoms with Crippen molar-refractivity contribution in [3.8, 4) is 0 Å². The van der Waals surface area contributed by atoms with Crippen LogP contribution in [0.15, 0.2) is 172 Å². The maximum absolute atomic E-state index is 13.4. The summed E-state index contributed by atoms with van der Waals surface area (Å²) >= 11 is 0. The molecule has 12 rings (SSSR count). The number of rotatable bonds is 20. The Morgan fingerprint density at radius 3 is 0.973 bits per heavy atom. The molecule has 608 valence electrons. The standard InChI is InChI=1S/C23H24F6O2.2C23H27F3O2.C23H30O2/c1-14(2)19-13-17(12-16-8-4-5-9-18(16)19)20(10-6-7-11-20)31-15(3)21(30,22(24,25)26)23(27,28)29;2*1-15(2)18-13-17-9-5-6-10-19(17)20(14-18)22(11-7-8-12-22)28-16(3)21(4,27)23(24,25)26;1-16(2)20-14-18-10-6-7-11-19(18)15-21(20)23(12-8-9-13-23)25-17(3)22(4,5)24/h4-5,8-9,12-13,15,30H,1,6-7,10-11H2,2-3H3;2*5-6,9-10,13-14,16,27H,1,7-8,11-12H2,2-4H3;6-7,10-11,14-15,17,24H,1,8-9,12-13H2,2-5H3. The van der Waals surface area contributed by atoms with Crippen LogP contribution in [0.5, 0.6) is 0 Å². The van der Waals surface area contributed by atoms with Crippen LogP contribution in [0.25, 0.3) is 65.4 Å². The van der Waals surface area contributed by atoms with Crippen LogP contribution in [-0.2, 0) is 41.4 Å². The van der Waals surface area contributed by atoms with Crippen LogP contribution in [0.3, 0.4) is 0 Å². The van der Waals surface area contributed by atoms with Gasteiger partial charge in [-0.2, -0.15) is 52.7 Å². The van der Waals surface area contributed by atoms with Crippen molar-refractivity contribution in [1.82, 2.24) is 0 Å². The molecule has 0 saturated heterocycles. The van der Waals surface area contributed by atoms with Gasteiger partial charge in [0.1, 0.15) is 6.10 Å². The van der Waals surface area contributed by atoms with Crippen molar-refractivity contribution in [2.75, 3.05) is 0 Å². The number of alkyl halides is 12. The summed E-state index contributed by atoms with van der Waals surface area (Å²) in [7, 11) is 0. The highest BCUT2D eigenvalue weighted by Crippen LogP contribution is 2.55. The molecule has 4 N–H and O–H groups in total. The van der Waals surface area contributed by atoms with E-state index < -0.39 is 82.2 Å². The van der Waals surface area contributed by atoms with Gasteiger partial charge in [-0.1, -0.05) is 197 Å². The van der Waals surface area contributed by atoms with Crippen molar-refractivity contribution in [1.29, 1.82) is 0 Å². The molecule has 0 spiro atoms. The van der Waals surface area contributed by atoms with Crippen LogP contribution in [0.2, 0.25) is 0 Å². The number of hydrogen-bond acceptors (Lipinski definition) is 8. The molecular formula is C92H108F12O8. The van der Waals surface area contributed by atoms with E-state index in [0.717, 1.165) is 142 Å². The third kappa shape index (κ3) is 18.3. The smallest absolute Gasteiger partial charge is 0.388 e. The molecule has 6 atom stereocenters. The quantitative estimate of drug-likeness (QED) is 0.0558. The van der Waals surface area contributed by atoms with Gasteiger partial charge in [0.25, 0.3) is 5.60 Å². The molecule has 8 nitrogen and oxygen atoms in total. The Kier molecular flexibility index (Phi) is 26.4. The monoisotopic (exact) mass is 1570 g/mol. The van der Waals surface area contributed by atoms with Crippen LogP contribution < -0.4 is 0 Å². The molecule has 0 aromatic heterocycles. The zero-order valence-corrected chi connectivity index (χ0v) is 66.3. The number of benzene rings is 8. The normalized spacial score (nSPS) is 19.2. The Bertz CT molecular complexity index is 4520. The molecule has 4 saturated carbocycles. The Hall–Kier alpha value is -7.40. The van der Waals surface area contributed by atoms with Gasteiger partial charge >= 0.3 is 24.7 Å². The predicted molar refractivity (Wildman–Crippen MR) is 424 cm³/mol. The number of fused-ring (bicyclic) bond motifs is 4. The van der Waals surface area contributed by atoms with Crippen molar-refractivity contribution in [2.45, 2.75) is 280 Å². The van der Waals surface area contributed by atoms with Gasteiger partial charge in [-0.3, -0.25) is 0 Å². The van der Waals surface area contributed by atoms with Crippen molar-refractivity contribution < 1.29 is 92.1 Å². The minimum absolute atomic E-state index is 0.241. The molecule has 0 radical (unpaired) electrons. The Morgan fingerprint density at radius 2 is 0.634 bits per heavy atom. The lowest BCUT2D eigenvalue weighted by Crippen LogP contribution is -2.65.